The fourth-order valence-corrected chi connectivity index (χ4v) is 2.75. The van der Waals surface area contributed by atoms with E-state index in [1.807, 2.05) is 31.3 Å². The summed E-state index contributed by atoms with van der Waals surface area (Å²) in [5.41, 5.74) is 3.49. The van der Waals surface area contributed by atoms with Gasteiger partial charge in [-0.15, -0.1) is 0 Å². The van der Waals surface area contributed by atoms with Crippen molar-refractivity contribution < 1.29 is 14.5 Å². The van der Waals surface area contributed by atoms with Crippen LogP contribution in [0.15, 0.2) is 42.6 Å². The van der Waals surface area contributed by atoms with Gasteiger partial charge in [0, 0.05) is 23.3 Å². The summed E-state index contributed by atoms with van der Waals surface area (Å²) in [4.78, 5) is 22.4. The number of aromatic nitrogens is 1. The van der Waals surface area contributed by atoms with E-state index in [1.54, 1.807) is 23.5 Å². The van der Waals surface area contributed by atoms with Crippen LogP contribution in [0.4, 0.5) is 5.69 Å². The molecule has 1 aromatic carbocycles. The Morgan fingerprint density at radius 3 is 2.71 bits per heavy atom. The average Bonchev–Trinajstić information content (AvgIpc) is 2.92. The Kier molecular flexibility index (Phi) is 4.04. The van der Waals surface area contributed by atoms with Gasteiger partial charge in [0.1, 0.15) is 0 Å². The summed E-state index contributed by atoms with van der Waals surface area (Å²) in [7, 11) is 0. The second-order valence-electron chi connectivity index (χ2n) is 5.44. The molecule has 24 heavy (non-hydrogen) atoms. The first-order valence-electron chi connectivity index (χ1n) is 7.53. The lowest BCUT2D eigenvalue weighted by Crippen LogP contribution is -1.98. The summed E-state index contributed by atoms with van der Waals surface area (Å²) in [6.45, 7) is 4.05. The van der Waals surface area contributed by atoms with Gasteiger partial charge in [0.25, 0.3) is 0 Å². The van der Waals surface area contributed by atoms with Crippen molar-refractivity contribution in [1.82, 2.24) is 4.40 Å². The Morgan fingerprint density at radius 1 is 1.25 bits per heavy atom. The van der Waals surface area contributed by atoms with Gasteiger partial charge >= 0.3 is 5.69 Å². The quantitative estimate of drug-likeness (QED) is 0.403. The minimum atomic E-state index is -0.477. The van der Waals surface area contributed by atoms with E-state index in [9.17, 15) is 14.9 Å². The molecule has 2 heterocycles. The third-order valence-electron chi connectivity index (χ3n) is 3.83. The third-order valence-corrected chi connectivity index (χ3v) is 3.83. The lowest BCUT2D eigenvalue weighted by atomic mass is 10.1. The molecule has 0 saturated carbocycles. The molecule has 0 bridgehead atoms. The average molecular weight is 324 g/mol. The number of fused-ring (bicyclic) bond motifs is 1. The van der Waals surface area contributed by atoms with E-state index >= 15 is 0 Å². The number of pyridine rings is 1. The second-order valence-corrected chi connectivity index (χ2v) is 5.44. The molecule has 6 nitrogen and oxygen atoms in total. The summed E-state index contributed by atoms with van der Waals surface area (Å²) in [6.07, 6.45) is 2.63. The Morgan fingerprint density at radius 2 is 2.04 bits per heavy atom. The molecule has 0 unspecified atom stereocenters. The van der Waals surface area contributed by atoms with E-state index in [0.29, 0.717) is 23.4 Å². The minimum Gasteiger partial charge on any atom is -0.487 e. The van der Waals surface area contributed by atoms with E-state index < -0.39 is 4.92 Å². The van der Waals surface area contributed by atoms with Crippen LogP contribution in [0.2, 0.25) is 0 Å². The van der Waals surface area contributed by atoms with Crippen LogP contribution in [0.1, 0.15) is 23.0 Å². The number of benzene rings is 1. The van der Waals surface area contributed by atoms with Gasteiger partial charge in [-0.05, 0) is 43.2 Å². The molecule has 0 aliphatic heterocycles. The highest BCUT2D eigenvalue weighted by molar-refractivity contribution is 5.90. The number of aldehydes is 1. The van der Waals surface area contributed by atoms with E-state index in [4.69, 9.17) is 4.74 Å². The van der Waals surface area contributed by atoms with Crippen molar-refractivity contribution >= 4 is 17.5 Å². The highest BCUT2D eigenvalue weighted by atomic mass is 16.6. The van der Waals surface area contributed by atoms with Gasteiger partial charge in [0.15, 0.2) is 12.0 Å². The maximum atomic E-state index is 11.6. The lowest BCUT2D eigenvalue weighted by molar-refractivity contribution is -0.385. The van der Waals surface area contributed by atoms with Gasteiger partial charge in [-0.3, -0.25) is 14.9 Å². The first kappa shape index (κ1) is 15.7. The summed E-state index contributed by atoms with van der Waals surface area (Å²) >= 11 is 0. The molecule has 122 valence electrons. The Labute approximate surface area is 138 Å². The monoisotopic (exact) mass is 324 g/mol. The summed E-state index contributed by atoms with van der Waals surface area (Å²) < 4.78 is 7.10. The van der Waals surface area contributed by atoms with Crippen LogP contribution in [0.3, 0.4) is 0 Å². The molecular weight excluding hydrogens is 308 g/mol. The molecule has 0 radical (unpaired) electrons. The molecule has 6 heteroatoms. The van der Waals surface area contributed by atoms with Crippen LogP contribution in [-0.2, 0) is 0 Å². The van der Waals surface area contributed by atoms with E-state index in [1.165, 1.54) is 6.07 Å². The van der Waals surface area contributed by atoms with Gasteiger partial charge in [-0.2, -0.15) is 0 Å². The molecule has 2 aromatic heterocycles. The predicted octanol–water partition coefficient (Wildman–Crippen LogP) is 4.03. The molecular formula is C18H16N2O4. The van der Waals surface area contributed by atoms with Crippen LogP contribution in [-0.4, -0.2) is 22.2 Å². The van der Waals surface area contributed by atoms with Gasteiger partial charge in [-0.25, -0.2) is 0 Å². The fourth-order valence-electron chi connectivity index (χ4n) is 2.75. The number of nitro groups is 1. The normalized spacial score (nSPS) is 10.8. The fraction of sp³-hybridized carbons (Fsp3) is 0.167. The number of carbonyl (C=O) groups excluding carboxylic acids is 1. The molecule has 0 spiro atoms. The van der Waals surface area contributed by atoms with Crippen LogP contribution in [0.25, 0.3) is 16.6 Å². The van der Waals surface area contributed by atoms with E-state index in [0.717, 1.165) is 17.4 Å². The van der Waals surface area contributed by atoms with E-state index in [-0.39, 0.29) is 11.4 Å². The minimum absolute atomic E-state index is 0.113. The lowest BCUT2D eigenvalue weighted by Gasteiger charge is -2.06. The zero-order valence-electron chi connectivity index (χ0n) is 13.4. The number of hydrogen-bond acceptors (Lipinski definition) is 4. The highest BCUT2D eigenvalue weighted by Crippen LogP contribution is 2.34. The SMILES string of the molecule is CCOc1ccc(-c2cc3ccc(C)cn3c2C=O)cc1[N+](=O)[O-]. The van der Waals surface area contributed by atoms with Crippen LogP contribution < -0.4 is 4.74 Å². The van der Waals surface area contributed by atoms with Gasteiger partial charge in [0.2, 0.25) is 0 Å². The number of carbonyl (C=O) groups is 1. The molecule has 0 aliphatic carbocycles. The maximum Gasteiger partial charge on any atom is 0.311 e. The first-order valence-corrected chi connectivity index (χ1v) is 7.53. The topological polar surface area (TPSA) is 73.8 Å². The van der Waals surface area contributed by atoms with Crippen LogP contribution >= 0.6 is 0 Å². The van der Waals surface area contributed by atoms with Crippen molar-refractivity contribution in [3.05, 3.63) is 64.0 Å². The molecule has 0 atom stereocenters. The van der Waals surface area contributed by atoms with E-state index in [2.05, 4.69) is 0 Å². The number of nitrogens with zero attached hydrogens (tertiary/aromatic N) is 2. The van der Waals surface area contributed by atoms with Crippen LogP contribution in [0.5, 0.6) is 5.75 Å². The zero-order valence-corrected chi connectivity index (χ0v) is 13.4. The number of aryl methyl sites for hydroxylation is 1. The predicted molar refractivity (Wildman–Crippen MR) is 90.8 cm³/mol. The molecule has 3 aromatic rings. The number of rotatable bonds is 5. The summed E-state index contributed by atoms with van der Waals surface area (Å²) in [5, 5.41) is 11.3. The van der Waals surface area contributed by atoms with Crippen molar-refractivity contribution in [2.45, 2.75) is 13.8 Å². The van der Waals surface area contributed by atoms with Crippen molar-refractivity contribution in [2.24, 2.45) is 0 Å². The Hall–Kier alpha value is -3.15. The van der Waals surface area contributed by atoms with Crippen LogP contribution in [0, 0.1) is 17.0 Å². The van der Waals surface area contributed by atoms with Crippen molar-refractivity contribution in [2.75, 3.05) is 6.61 Å². The standard InChI is InChI=1S/C18H16N2O4/c1-3-24-18-7-5-13(8-16(18)20(22)23)15-9-14-6-4-12(2)10-19(14)17(15)11-21/h4-11H,3H2,1-2H3. The summed E-state index contributed by atoms with van der Waals surface area (Å²) in [5.74, 6) is 0.221. The van der Waals surface area contributed by atoms with Crippen molar-refractivity contribution in [1.29, 1.82) is 0 Å². The summed E-state index contributed by atoms with van der Waals surface area (Å²) in [6, 6.07) is 10.5. The first-order chi connectivity index (χ1) is 11.5. The Balaban J connectivity index is 2.22. The molecule has 3 rings (SSSR count). The highest BCUT2D eigenvalue weighted by Gasteiger charge is 2.19. The van der Waals surface area contributed by atoms with Crippen molar-refractivity contribution in [3.8, 4) is 16.9 Å². The number of nitro benzene ring substituents is 1. The molecule has 0 saturated heterocycles. The zero-order chi connectivity index (χ0) is 17.3. The van der Waals surface area contributed by atoms with Gasteiger partial charge < -0.3 is 9.14 Å². The second kappa shape index (κ2) is 6.16. The Bertz CT molecular complexity index is 944. The molecule has 0 aliphatic rings. The maximum absolute atomic E-state index is 11.6. The molecule has 0 fully saturated rings. The van der Waals surface area contributed by atoms with Gasteiger partial charge in [0.05, 0.1) is 17.2 Å². The molecule has 0 N–H and O–H groups in total. The molecule has 0 amide bonds. The van der Waals surface area contributed by atoms with Crippen molar-refractivity contribution in [3.63, 3.8) is 0 Å². The van der Waals surface area contributed by atoms with Gasteiger partial charge in [-0.1, -0.05) is 12.1 Å². The largest absolute Gasteiger partial charge is 0.487 e. The smallest absolute Gasteiger partial charge is 0.311 e. The number of ether oxygens (including phenoxy) is 1. The third kappa shape index (κ3) is 2.62. The number of hydrogen-bond donors (Lipinski definition) is 0.